The van der Waals surface area contributed by atoms with Crippen LogP contribution in [0.15, 0.2) is 54.6 Å². The number of likely N-dealkylation sites (tertiary alicyclic amines) is 1. The van der Waals surface area contributed by atoms with E-state index in [2.05, 4.69) is 10.6 Å². The summed E-state index contributed by atoms with van der Waals surface area (Å²) in [7, 11) is 0. The van der Waals surface area contributed by atoms with E-state index in [1.165, 1.54) is 12.1 Å². The third kappa shape index (κ3) is 5.12. The van der Waals surface area contributed by atoms with E-state index in [1.807, 2.05) is 25.7 Å². The Morgan fingerprint density at radius 3 is 2.48 bits per heavy atom. The van der Waals surface area contributed by atoms with E-state index in [9.17, 15) is 18.8 Å². The van der Waals surface area contributed by atoms with Crippen molar-refractivity contribution in [3.8, 4) is 5.75 Å². The molecule has 10 heteroatoms. The van der Waals surface area contributed by atoms with E-state index in [-0.39, 0.29) is 30.7 Å². The number of nitrogens with zero attached hydrogens (tertiary/aromatic N) is 1. The summed E-state index contributed by atoms with van der Waals surface area (Å²) >= 11 is 12.9. The average Bonchev–Trinajstić information content (AvgIpc) is 3.61. The van der Waals surface area contributed by atoms with E-state index in [4.69, 9.17) is 27.9 Å². The molecule has 2 saturated heterocycles. The number of amides is 3. The van der Waals surface area contributed by atoms with Crippen LogP contribution in [-0.4, -0.2) is 42.3 Å². The summed E-state index contributed by atoms with van der Waals surface area (Å²) in [5, 5.41) is 6.86. The maximum Gasteiger partial charge on any atom is 0.238 e. The molecule has 2 fully saturated rings. The van der Waals surface area contributed by atoms with Crippen LogP contribution in [0.5, 0.6) is 5.75 Å². The number of hydrogen-bond donors (Lipinski definition) is 2. The van der Waals surface area contributed by atoms with E-state index < -0.39 is 28.6 Å². The van der Waals surface area contributed by atoms with E-state index >= 15 is 0 Å². The second kappa shape index (κ2) is 11.4. The highest BCUT2D eigenvalue weighted by Gasteiger charge is 2.62. The third-order valence-corrected chi connectivity index (χ3v) is 9.68. The number of aryl methyl sites for hydroxylation is 1. The van der Waals surface area contributed by atoms with E-state index in [1.54, 1.807) is 42.5 Å². The van der Waals surface area contributed by atoms with Crippen LogP contribution >= 0.6 is 23.2 Å². The first kappa shape index (κ1) is 30.4. The molecular weight excluding hydrogens is 604 g/mol. The minimum atomic E-state index is -1.41. The molecule has 3 aromatic rings. The maximum atomic E-state index is 14.7. The fourth-order valence-corrected chi connectivity index (χ4v) is 7.39. The van der Waals surface area contributed by atoms with Gasteiger partial charge in [-0.25, -0.2) is 4.39 Å². The SMILES string of the molecule is Cc1ccc(F)cc1[C@@H]1NC(=O)C[C@H](c2cc(Cl)ccc2OCC(C)(C)C(=O)N2CCCC2)[C@@]12C(=O)Nc1cc(Cl)ccc12. The van der Waals surface area contributed by atoms with Crippen LogP contribution in [0.25, 0.3) is 0 Å². The van der Waals surface area contributed by atoms with E-state index in [0.717, 1.165) is 31.5 Å². The lowest BCUT2D eigenvalue weighted by atomic mass is 9.59. The molecular formula is C34H34Cl2FN3O4. The van der Waals surface area contributed by atoms with Crippen molar-refractivity contribution in [1.82, 2.24) is 10.2 Å². The number of carbonyl (C=O) groups is 3. The van der Waals surface area contributed by atoms with Crippen LogP contribution in [0.3, 0.4) is 0 Å². The number of hydrogen-bond acceptors (Lipinski definition) is 4. The zero-order chi connectivity index (χ0) is 31.4. The van der Waals surface area contributed by atoms with Gasteiger partial charge in [-0.2, -0.15) is 0 Å². The predicted molar refractivity (Wildman–Crippen MR) is 168 cm³/mol. The molecule has 1 spiro atoms. The lowest BCUT2D eigenvalue weighted by Crippen LogP contribution is -2.57. The van der Waals surface area contributed by atoms with Gasteiger partial charge in [0.05, 0.1) is 11.5 Å². The monoisotopic (exact) mass is 637 g/mol. The predicted octanol–water partition coefficient (Wildman–Crippen LogP) is 6.70. The standard InChI is InChI=1S/C34H34Cl2FN3O4/c1-19-6-9-22(37)16-23(19)30-34(25-10-7-21(36)15-27(25)38-31(34)42)26(17-29(41)39-30)24-14-20(35)8-11-28(24)44-18-33(2,3)32(43)40-12-4-5-13-40/h6-11,14-16,26,30H,4-5,12-13,17-18H2,1-3H3,(H,38,42)(H,39,41)/t26-,30+,34-/m1/s1. The summed E-state index contributed by atoms with van der Waals surface area (Å²) in [5.41, 5.74) is 0.674. The molecule has 0 aromatic heterocycles. The third-order valence-electron chi connectivity index (χ3n) is 9.21. The van der Waals surface area contributed by atoms with Gasteiger partial charge in [-0.15, -0.1) is 0 Å². The van der Waals surface area contributed by atoms with Crippen LogP contribution in [-0.2, 0) is 19.8 Å². The van der Waals surface area contributed by atoms with Crippen molar-refractivity contribution in [2.24, 2.45) is 5.41 Å². The normalized spacial score (nSPS) is 23.0. The van der Waals surface area contributed by atoms with Gasteiger partial charge in [0.25, 0.3) is 0 Å². The molecule has 3 heterocycles. The number of rotatable bonds is 6. The van der Waals surface area contributed by atoms with Crippen molar-refractivity contribution in [2.75, 3.05) is 25.0 Å². The number of piperidine rings is 1. The average molecular weight is 639 g/mol. The first-order chi connectivity index (χ1) is 20.9. The van der Waals surface area contributed by atoms with Crippen LogP contribution in [0.2, 0.25) is 10.0 Å². The lowest BCUT2D eigenvalue weighted by Gasteiger charge is -2.47. The minimum absolute atomic E-state index is 0.0154. The fraction of sp³-hybridized carbons (Fsp3) is 0.382. The Hall–Kier alpha value is -3.62. The van der Waals surface area contributed by atoms with Crippen LogP contribution < -0.4 is 15.4 Å². The zero-order valence-corrected chi connectivity index (χ0v) is 26.3. The molecule has 3 aromatic carbocycles. The van der Waals surface area contributed by atoms with Crippen molar-refractivity contribution in [3.63, 3.8) is 0 Å². The Balaban J connectivity index is 1.50. The van der Waals surface area contributed by atoms with Crippen LogP contribution in [0, 0.1) is 18.2 Å². The maximum absolute atomic E-state index is 14.7. The summed E-state index contributed by atoms with van der Waals surface area (Å²) in [6, 6.07) is 13.7. The number of anilines is 1. The second-order valence-electron chi connectivity index (χ2n) is 12.6. The Morgan fingerprint density at radius 2 is 1.73 bits per heavy atom. The number of nitrogens with one attached hydrogen (secondary N) is 2. The number of carbonyl (C=O) groups excluding carboxylic acids is 3. The molecule has 3 aliphatic rings. The molecule has 0 bridgehead atoms. The van der Waals surface area contributed by atoms with E-state index in [0.29, 0.717) is 38.2 Å². The van der Waals surface area contributed by atoms with Gasteiger partial charge in [-0.05, 0) is 92.8 Å². The molecule has 6 rings (SSSR count). The molecule has 0 aliphatic carbocycles. The molecule has 230 valence electrons. The molecule has 2 N–H and O–H groups in total. The highest BCUT2D eigenvalue weighted by molar-refractivity contribution is 6.31. The van der Waals surface area contributed by atoms with Crippen molar-refractivity contribution in [2.45, 2.75) is 57.4 Å². The summed E-state index contributed by atoms with van der Waals surface area (Å²) in [6.45, 7) is 7.06. The Labute approximate surface area is 266 Å². The molecule has 0 unspecified atom stereocenters. The van der Waals surface area contributed by atoms with Gasteiger partial charge in [0, 0.05) is 46.7 Å². The van der Waals surface area contributed by atoms with Crippen molar-refractivity contribution in [1.29, 1.82) is 0 Å². The van der Waals surface area contributed by atoms with Gasteiger partial charge in [-0.3, -0.25) is 14.4 Å². The smallest absolute Gasteiger partial charge is 0.238 e. The molecule has 44 heavy (non-hydrogen) atoms. The summed E-state index contributed by atoms with van der Waals surface area (Å²) < 4.78 is 21.2. The highest BCUT2D eigenvalue weighted by atomic mass is 35.5. The molecule has 0 saturated carbocycles. The number of benzene rings is 3. The first-order valence-electron chi connectivity index (χ1n) is 14.8. The minimum Gasteiger partial charge on any atom is -0.492 e. The molecule has 3 atom stereocenters. The Morgan fingerprint density at radius 1 is 1.02 bits per heavy atom. The van der Waals surface area contributed by atoms with Crippen molar-refractivity contribution < 1.29 is 23.5 Å². The molecule has 0 radical (unpaired) electrons. The number of fused-ring (bicyclic) bond motifs is 2. The molecule has 7 nitrogen and oxygen atoms in total. The number of ether oxygens (including phenoxy) is 1. The second-order valence-corrected chi connectivity index (χ2v) is 13.5. The number of halogens is 3. The topological polar surface area (TPSA) is 87.7 Å². The Bertz CT molecular complexity index is 1670. The summed E-state index contributed by atoms with van der Waals surface area (Å²) in [5.74, 6) is -1.48. The van der Waals surface area contributed by atoms with Crippen molar-refractivity contribution in [3.05, 3.63) is 92.7 Å². The first-order valence-corrected chi connectivity index (χ1v) is 15.6. The van der Waals surface area contributed by atoms with Gasteiger partial charge in [-0.1, -0.05) is 35.3 Å². The van der Waals surface area contributed by atoms with Gasteiger partial charge in [0.2, 0.25) is 17.7 Å². The molecule has 3 aliphatic heterocycles. The zero-order valence-electron chi connectivity index (χ0n) is 24.8. The summed E-state index contributed by atoms with van der Waals surface area (Å²) in [4.78, 5) is 43.1. The fourth-order valence-electron chi connectivity index (χ4n) is 7.03. The van der Waals surface area contributed by atoms with Crippen molar-refractivity contribution >= 4 is 46.6 Å². The van der Waals surface area contributed by atoms with Gasteiger partial charge in [0.1, 0.15) is 23.6 Å². The quantitative estimate of drug-likeness (QED) is 0.315. The van der Waals surface area contributed by atoms with Gasteiger partial charge in [0.15, 0.2) is 0 Å². The van der Waals surface area contributed by atoms with Gasteiger partial charge < -0.3 is 20.3 Å². The largest absolute Gasteiger partial charge is 0.492 e. The molecule has 3 amide bonds. The highest BCUT2D eigenvalue weighted by Crippen LogP contribution is 2.59. The van der Waals surface area contributed by atoms with Crippen LogP contribution in [0.4, 0.5) is 10.1 Å². The van der Waals surface area contributed by atoms with Gasteiger partial charge >= 0.3 is 0 Å². The lowest BCUT2D eigenvalue weighted by molar-refractivity contribution is -0.140. The Kier molecular flexibility index (Phi) is 7.87. The van der Waals surface area contributed by atoms with Crippen LogP contribution in [0.1, 0.15) is 67.3 Å². The summed E-state index contributed by atoms with van der Waals surface area (Å²) in [6.07, 6.45) is 1.90.